The summed E-state index contributed by atoms with van der Waals surface area (Å²) in [5.74, 6) is -1.96. The summed E-state index contributed by atoms with van der Waals surface area (Å²) >= 11 is 0. The van der Waals surface area contributed by atoms with Crippen molar-refractivity contribution in [2.75, 3.05) is 18.1 Å². The Morgan fingerprint density at radius 3 is 1.22 bits per heavy atom. The van der Waals surface area contributed by atoms with Gasteiger partial charge in [-0.1, -0.05) is 64.7 Å². The molecule has 27 heavy (non-hydrogen) atoms. The van der Waals surface area contributed by atoms with Crippen molar-refractivity contribution >= 4 is 30.6 Å². The fraction of sp³-hybridized carbons (Fsp3) is 1.00. The Labute approximate surface area is 163 Å². The molecule has 0 unspecified atom stereocenters. The lowest BCUT2D eigenvalue weighted by Crippen LogP contribution is -2.15. The number of rotatable bonds is 15. The molecule has 0 aromatic rings. The molecule has 0 aromatic heterocycles. The van der Waals surface area contributed by atoms with Crippen LogP contribution in [0.1, 0.15) is 71.1 Å². The number of unbranched alkanes of at least 4 members (excludes halogenated alkanes) is 9. The van der Waals surface area contributed by atoms with Crippen LogP contribution in [-0.2, 0) is 34.8 Å². The molecule has 13 heteroatoms. The fourth-order valence-corrected chi connectivity index (χ4v) is 3.98. The summed E-state index contributed by atoms with van der Waals surface area (Å²) in [7, 11) is -12.8. The summed E-state index contributed by atoms with van der Waals surface area (Å²) in [6.45, 7) is 2.31. The smallest absolute Gasteiger partial charge is 0.286 e. The van der Waals surface area contributed by atoms with Gasteiger partial charge >= 0.3 is 10.4 Å². The Morgan fingerprint density at radius 2 is 0.926 bits per heavy atom. The van der Waals surface area contributed by atoms with Crippen molar-refractivity contribution < 1.29 is 43.1 Å². The zero-order valence-electron chi connectivity index (χ0n) is 15.6. The van der Waals surface area contributed by atoms with Crippen LogP contribution < -0.4 is 0 Å². The quantitative estimate of drug-likeness (QED) is 0.245. The Balaban J connectivity index is 0. The Hall–Kier alpha value is -0.310. The molecule has 0 rings (SSSR count). The summed E-state index contributed by atoms with van der Waals surface area (Å²) in [6.07, 6.45) is 11.9. The first-order valence-corrected chi connectivity index (χ1v) is 13.4. The predicted molar refractivity (Wildman–Crippen MR) is 102 cm³/mol. The van der Waals surface area contributed by atoms with E-state index < -0.39 is 42.1 Å². The summed E-state index contributed by atoms with van der Waals surface area (Å²) < 4.78 is 88.4. The van der Waals surface area contributed by atoms with Gasteiger partial charge in [0.1, 0.15) is 0 Å². The molecule has 0 fully saturated rings. The third-order valence-corrected chi connectivity index (χ3v) is 5.49. The van der Waals surface area contributed by atoms with E-state index in [1.807, 2.05) is 0 Å². The highest BCUT2D eigenvalue weighted by atomic mass is 32.3. The van der Waals surface area contributed by atoms with Gasteiger partial charge in [-0.05, 0) is 6.42 Å². The first kappa shape index (κ1) is 28.9. The second-order valence-electron chi connectivity index (χ2n) is 6.00. The average molecular weight is 457 g/mol. The first-order valence-electron chi connectivity index (χ1n) is 8.79. The van der Waals surface area contributed by atoms with Gasteiger partial charge in [-0.25, -0.2) is 4.18 Å². The van der Waals surface area contributed by atoms with Crippen molar-refractivity contribution in [3.05, 3.63) is 0 Å². The van der Waals surface area contributed by atoms with Crippen molar-refractivity contribution in [2.24, 2.45) is 0 Å². The Kier molecular flexibility index (Phi) is 16.7. The first-order chi connectivity index (χ1) is 12.3. The van der Waals surface area contributed by atoms with Crippen molar-refractivity contribution in [3.8, 4) is 0 Å². The molecular formula is C14H32O10S3. The van der Waals surface area contributed by atoms with E-state index in [9.17, 15) is 25.3 Å². The third-order valence-electron chi connectivity index (χ3n) is 3.33. The standard InChI is InChI=1S/C12H26O4S.C2H6O6S2/c1-2-3-4-5-6-7-8-9-10-11-12-16-17(13,14)15;3-9(4,5)1-2-10(6,7)8/h2-12H2,1H3,(H,13,14,15);1-2H2,(H,3,4,5)(H,6,7,8). The average Bonchev–Trinajstić information content (AvgIpc) is 2.49. The van der Waals surface area contributed by atoms with Gasteiger partial charge in [0, 0.05) is 0 Å². The Morgan fingerprint density at radius 1 is 0.593 bits per heavy atom. The molecule has 166 valence electrons. The molecule has 10 nitrogen and oxygen atoms in total. The van der Waals surface area contributed by atoms with Crippen molar-refractivity contribution in [1.29, 1.82) is 0 Å². The third kappa shape index (κ3) is 33.7. The van der Waals surface area contributed by atoms with Crippen LogP contribution in [-0.4, -0.2) is 57.0 Å². The molecule has 0 spiro atoms. The van der Waals surface area contributed by atoms with E-state index in [0.29, 0.717) is 6.42 Å². The molecule has 0 atom stereocenters. The van der Waals surface area contributed by atoms with Gasteiger partial charge in [-0.3, -0.25) is 13.7 Å². The van der Waals surface area contributed by atoms with Crippen LogP contribution in [0.4, 0.5) is 0 Å². The monoisotopic (exact) mass is 456 g/mol. The van der Waals surface area contributed by atoms with E-state index in [1.54, 1.807) is 0 Å². The van der Waals surface area contributed by atoms with Crippen molar-refractivity contribution in [1.82, 2.24) is 0 Å². The van der Waals surface area contributed by atoms with Crippen LogP contribution in [0.15, 0.2) is 0 Å². The zero-order valence-corrected chi connectivity index (χ0v) is 18.1. The SMILES string of the molecule is CCCCCCCCCCCCOS(=O)(=O)O.O=S(=O)(O)CCS(=O)(=O)O. The molecule has 0 aliphatic carbocycles. The molecule has 0 bridgehead atoms. The van der Waals surface area contributed by atoms with Crippen LogP contribution in [0.3, 0.4) is 0 Å². The lowest BCUT2D eigenvalue weighted by Gasteiger charge is -2.02. The van der Waals surface area contributed by atoms with Gasteiger partial charge in [0.2, 0.25) is 0 Å². The molecular weight excluding hydrogens is 424 g/mol. The molecule has 0 saturated carbocycles. The summed E-state index contributed by atoms with van der Waals surface area (Å²) in [4.78, 5) is 0. The van der Waals surface area contributed by atoms with Gasteiger partial charge in [-0.15, -0.1) is 0 Å². The van der Waals surface area contributed by atoms with Crippen molar-refractivity contribution in [3.63, 3.8) is 0 Å². The maximum atomic E-state index is 10.2. The molecule has 0 radical (unpaired) electrons. The lowest BCUT2D eigenvalue weighted by molar-refractivity contribution is 0.261. The van der Waals surface area contributed by atoms with Gasteiger partial charge in [0.15, 0.2) is 0 Å². The van der Waals surface area contributed by atoms with Crippen LogP contribution in [0.2, 0.25) is 0 Å². The molecule has 3 N–H and O–H groups in total. The summed E-state index contributed by atoms with van der Waals surface area (Å²) in [5, 5.41) is 0. The lowest BCUT2D eigenvalue weighted by atomic mass is 10.1. The van der Waals surface area contributed by atoms with Crippen LogP contribution in [0.5, 0.6) is 0 Å². The predicted octanol–water partition coefficient (Wildman–Crippen LogP) is 2.49. The zero-order chi connectivity index (χ0) is 21.4. The van der Waals surface area contributed by atoms with E-state index in [2.05, 4.69) is 11.1 Å². The molecule has 0 aliphatic rings. The van der Waals surface area contributed by atoms with Crippen LogP contribution in [0.25, 0.3) is 0 Å². The topological polar surface area (TPSA) is 172 Å². The van der Waals surface area contributed by atoms with Gasteiger partial charge in [0.05, 0.1) is 18.1 Å². The van der Waals surface area contributed by atoms with Crippen LogP contribution in [0, 0.1) is 0 Å². The highest BCUT2D eigenvalue weighted by Gasteiger charge is 2.11. The maximum absolute atomic E-state index is 10.2. The second-order valence-corrected chi connectivity index (χ2v) is 10.2. The van der Waals surface area contributed by atoms with E-state index in [0.717, 1.165) is 12.8 Å². The van der Waals surface area contributed by atoms with E-state index in [-0.39, 0.29) is 6.61 Å². The highest BCUT2D eigenvalue weighted by Crippen LogP contribution is 2.10. The minimum atomic E-state index is -4.30. The van der Waals surface area contributed by atoms with E-state index in [4.69, 9.17) is 13.7 Å². The fourth-order valence-electron chi connectivity index (χ4n) is 1.96. The highest BCUT2D eigenvalue weighted by molar-refractivity contribution is 7.89. The van der Waals surface area contributed by atoms with Gasteiger partial charge < -0.3 is 0 Å². The molecule has 0 aliphatic heterocycles. The Bertz CT molecular complexity index is 621. The van der Waals surface area contributed by atoms with Crippen LogP contribution >= 0.6 is 0 Å². The normalized spacial score (nSPS) is 12.4. The largest absolute Gasteiger partial charge is 0.397 e. The van der Waals surface area contributed by atoms with Gasteiger partial charge in [-0.2, -0.15) is 25.3 Å². The molecule has 0 heterocycles. The number of hydrogen-bond donors (Lipinski definition) is 3. The van der Waals surface area contributed by atoms with E-state index in [1.165, 1.54) is 44.9 Å². The molecule has 0 amide bonds. The minimum absolute atomic E-state index is 0.0926. The van der Waals surface area contributed by atoms with Gasteiger partial charge in [0.25, 0.3) is 20.2 Å². The minimum Gasteiger partial charge on any atom is -0.286 e. The summed E-state index contributed by atoms with van der Waals surface area (Å²) in [5.41, 5.74) is 0. The molecule has 0 saturated heterocycles. The number of hydrogen-bond acceptors (Lipinski definition) is 7. The second kappa shape index (κ2) is 15.6. The summed E-state index contributed by atoms with van der Waals surface area (Å²) in [6, 6.07) is 0. The maximum Gasteiger partial charge on any atom is 0.397 e. The van der Waals surface area contributed by atoms with Crippen molar-refractivity contribution in [2.45, 2.75) is 71.1 Å². The van der Waals surface area contributed by atoms with E-state index >= 15 is 0 Å². The molecule has 0 aromatic carbocycles.